The zero-order chi connectivity index (χ0) is 7.82. The van der Waals surface area contributed by atoms with Crippen LogP contribution < -0.4 is 0 Å². The van der Waals surface area contributed by atoms with Gasteiger partial charge in [-0.3, -0.25) is 0 Å². The van der Waals surface area contributed by atoms with Crippen molar-refractivity contribution in [1.82, 2.24) is 0 Å². The van der Waals surface area contributed by atoms with Crippen LogP contribution in [0.3, 0.4) is 0 Å². The fourth-order valence-corrected chi connectivity index (χ4v) is 0.513. The second kappa shape index (κ2) is 5.84. The van der Waals surface area contributed by atoms with E-state index in [9.17, 15) is 0 Å². The molecular formula is C9H11N. The van der Waals surface area contributed by atoms with Gasteiger partial charge in [-0.25, -0.2) is 0 Å². The molecule has 1 aromatic rings. The molecule has 1 heteroatoms. The van der Waals surface area contributed by atoms with Gasteiger partial charge in [0.25, 0.3) is 0 Å². The highest BCUT2D eigenvalue weighted by molar-refractivity contribution is 5.27. The molecule has 0 fully saturated rings. The second-order valence-corrected chi connectivity index (χ2v) is 1.48. The third-order valence-corrected chi connectivity index (χ3v) is 0.903. The van der Waals surface area contributed by atoms with Crippen molar-refractivity contribution in [2.75, 3.05) is 0 Å². The Balaban J connectivity index is 0.000000371. The van der Waals surface area contributed by atoms with E-state index in [-0.39, 0.29) is 0 Å². The van der Waals surface area contributed by atoms with Crippen LogP contribution in [0.2, 0.25) is 0 Å². The highest BCUT2D eigenvalue weighted by atomic mass is 14.2. The topological polar surface area (TPSA) is 23.8 Å². The fraction of sp³-hybridized carbons (Fsp3) is 0.222. The van der Waals surface area contributed by atoms with Crippen molar-refractivity contribution in [1.29, 1.82) is 5.26 Å². The first-order valence-electron chi connectivity index (χ1n) is 3.38. The lowest BCUT2D eigenvalue weighted by Gasteiger charge is -1.80. The van der Waals surface area contributed by atoms with E-state index in [1.165, 1.54) is 0 Å². The summed E-state index contributed by atoms with van der Waals surface area (Å²) in [5, 5.41) is 8.29. The van der Waals surface area contributed by atoms with Gasteiger partial charge in [-0.2, -0.15) is 5.26 Å². The predicted octanol–water partition coefficient (Wildman–Crippen LogP) is 2.58. The van der Waals surface area contributed by atoms with Crippen molar-refractivity contribution in [2.24, 2.45) is 0 Å². The molecule has 0 bridgehead atoms. The molecule has 0 aromatic heterocycles. The van der Waals surface area contributed by atoms with E-state index in [1.54, 1.807) is 12.1 Å². The summed E-state index contributed by atoms with van der Waals surface area (Å²) in [7, 11) is 0. The third kappa shape index (κ3) is 2.88. The average molecular weight is 133 g/mol. The minimum absolute atomic E-state index is 0.715. The van der Waals surface area contributed by atoms with Crippen LogP contribution in [0.15, 0.2) is 30.3 Å². The van der Waals surface area contributed by atoms with Gasteiger partial charge in [0.2, 0.25) is 0 Å². The summed E-state index contributed by atoms with van der Waals surface area (Å²) in [6.45, 7) is 4.00. The molecule has 0 heterocycles. The van der Waals surface area contributed by atoms with Crippen LogP contribution in [-0.4, -0.2) is 0 Å². The maximum absolute atomic E-state index is 8.29. The lowest BCUT2D eigenvalue weighted by atomic mass is 10.2. The number of nitriles is 1. The van der Waals surface area contributed by atoms with Gasteiger partial charge in [-0.1, -0.05) is 32.0 Å². The number of hydrogen-bond acceptors (Lipinski definition) is 1. The fourth-order valence-electron chi connectivity index (χ4n) is 0.513. The minimum atomic E-state index is 0.715. The summed E-state index contributed by atoms with van der Waals surface area (Å²) in [4.78, 5) is 0. The molecule has 0 radical (unpaired) electrons. The summed E-state index contributed by atoms with van der Waals surface area (Å²) < 4.78 is 0. The Morgan fingerprint density at radius 3 is 1.90 bits per heavy atom. The van der Waals surface area contributed by atoms with Crippen LogP contribution in [0.5, 0.6) is 0 Å². The normalized spacial score (nSPS) is 6.90. The van der Waals surface area contributed by atoms with Gasteiger partial charge < -0.3 is 0 Å². The molecule has 0 N–H and O–H groups in total. The molecule has 10 heavy (non-hydrogen) atoms. The van der Waals surface area contributed by atoms with Crippen LogP contribution in [0.4, 0.5) is 0 Å². The lowest BCUT2D eigenvalue weighted by Crippen LogP contribution is -1.66. The molecule has 0 aliphatic carbocycles. The maximum atomic E-state index is 8.29. The monoisotopic (exact) mass is 133 g/mol. The van der Waals surface area contributed by atoms with Crippen molar-refractivity contribution in [3.8, 4) is 6.07 Å². The summed E-state index contributed by atoms with van der Waals surface area (Å²) in [5.41, 5.74) is 0.715. The standard InChI is InChI=1S/C7H5N.C2H6/c8-6-7-4-2-1-3-5-7;1-2/h1-5H;1-2H3. The highest BCUT2D eigenvalue weighted by Gasteiger charge is 1.79. The minimum Gasteiger partial charge on any atom is -0.192 e. The molecule has 1 aromatic carbocycles. The van der Waals surface area contributed by atoms with E-state index < -0.39 is 0 Å². The van der Waals surface area contributed by atoms with Gasteiger partial charge in [0.15, 0.2) is 0 Å². The van der Waals surface area contributed by atoms with E-state index in [0.29, 0.717) is 5.56 Å². The SMILES string of the molecule is CC.N#Cc1ccccc1. The summed E-state index contributed by atoms with van der Waals surface area (Å²) >= 11 is 0. The predicted molar refractivity (Wildman–Crippen MR) is 42.5 cm³/mol. The number of nitrogens with zero attached hydrogens (tertiary/aromatic N) is 1. The molecule has 0 unspecified atom stereocenters. The number of hydrogen-bond donors (Lipinski definition) is 0. The Labute approximate surface area is 61.9 Å². The molecule has 0 atom stereocenters. The molecule has 1 nitrogen and oxygen atoms in total. The molecule has 0 amide bonds. The van der Waals surface area contributed by atoms with Crippen LogP contribution >= 0.6 is 0 Å². The van der Waals surface area contributed by atoms with E-state index in [0.717, 1.165) is 0 Å². The Morgan fingerprint density at radius 2 is 1.60 bits per heavy atom. The van der Waals surface area contributed by atoms with E-state index in [4.69, 9.17) is 5.26 Å². The van der Waals surface area contributed by atoms with Gasteiger partial charge in [0.05, 0.1) is 11.6 Å². The smallest absolute Gasteiger partial charge is 0.0991 e. The van der Waals surface area contributed by atoms with Crippen molar-refractivity contribution >= 4 is 0 Å². The van der Waals surface area contributed by atoms with E-state index in [2.05, 4.69) is 0 Å². The largest absolute Gasteiger partial charge is 0.192 e. The number of benzene rings is 1. The second-order valence-electron chi connectivity index (χ2n) is 1.48. The van der Waals surface area contributed by atoms with Crippen LogP contribution in [0.1, 0.15) is 19.4 Å². The Morgan fingerprint density at radius 1 is 1.10 bits per heavy atom. The highest BCUT2D eigenvalue weighted by Crippen LogP contribution is 1.92. The van der Waals surface area contributed by atoms with Gasteiger partial charge in [0, 0.05) is 0 Å². The third-order valence-electron chi connectivity index (χ3n) is 0.903. The molecule has 1 rings (SSSR count). The van der Waals surface area contributed by atoms with E-state index in [1.807, 2.05) is 38.1 Å². The quantitative estimate of drug-likeness (QED) is 0.533. The van der Waals surface area contributed by atoms with Crippen molar-refractivity contribution in [3.05, 3.63) is 35.9 Å². The zero-order valence-electron chi connectivity index (χ0n) is 6.33. The van der Waals surface area contributed by atoms with Crippen LogP contribution in [0, 0.1) is 11.3 Å². The first kappa shape index (κ1) is 8.71. The zero-order valence-corrected chi connectivity index (χ0v) is 6.33. The lowest BCUT2D eigenvalue weighted by molar-refractivity contribution is 1.49. The molecule has 52 valence electrons. The van der Waals surface area contributed by atoms with Gasteiger partial charge in [-0.15, -0.1) is 0 Å². The summed E-state index contributed by atoms with van der Waals surface area (Å²) in [6, 6.07) is 11.2. The van der Waals surface area contributed by atoms with Crippen LogP contribution in [0.25, 0.3) is 0 Å². The Kier molecular flexibility index (Phi) is 5.09. The number of rotatable bonds is 0. The first-order valence-corrected chi connectivity index (χ1v) is 3.38. The molecular weight excluding hydrogens is 122 g/mol. The van der Waals surface area contributed by atoms with Crippen molar-refractivity contribution in [3.63, 3.8) is 0 Å². The molecule has 0 saturated heterocycles. The maximum Gasteiger partial charge on any atom is 0.0991 e. The van der Waals surface area contributed by atoms with Gasteiger partial charge in [0.1, 0.15) is 0 Å². The molecule has 0 aliphatic rings. The molecule has 0 spiro atoms. The average Bonchev–Trinajstić information content (AvgIpc) is 2.10. The van der Waals surface area contributed by atoms with Crippen molar-refractivity contribution in [2.45, 2.75) is 13.8 Å². The summed E-state index contributed by atoms with van der Waals surface area (Å²) in [5.74, 6) is 0. The van der Waals surface area contributed by atoms with Gasteiger partial charge in [-0.05, 0) is 12.1 Å². The Hall–Kier alpha value is -1.29. The van der Waals surface area contributed by atoms with Crippen LogP contribution in [-0.2, 0) is 0 Å². The molecule has 0 aliphatic heterocycles. The first-order chi connectivity index (χ1) is 4.93. The summed E-state index contributed by atoms with van der Waals surface area (Å²) in [6.07, 6.45) is 0. The van der Waals surface area contributed by atoms with Gasteiger partial charge >= 0.3 is 0 Å². The molecule has 0 saturated carbocycles. The van der Waals surface area contributed by atoms with Crippen molar-refractivity contribution < 1.29 is 0 Å². The Bertz CT molecular complexity index is 196. The van der Waals surface area contributed by atoms with E-state index >= 15 is 0 Å².